The molecule has 1 radical (unpaired) electrons. The molecule has 10 nitrogen and oxygen atoms in total. The molecule has 0 aliphatic carbocycles. The van der Waals surface area contributed by atoms with E-state index in [9.17, 15) is 24.0 Å². The Hall–Kier alpha value is -2.78. The normalized spacial score (nSPS) is 18.0. The highest BCUT2D eigenvalue weighted by atomic mass is 16.9. The fraction of sp³-hybridized carbons (Fsp3) is 0.400. The van der Waals surface area contributed by atoms with Crippen LogP contribution >= 0.6 is 0 Å². The Morgan fingerprint density at radius 1 is 0.750 bits per heavy atom. The Morgan fingerprint density at radius 2 is 1.00 bits per heavy atom. The summed E-state index contributed by atoms with van der Waals surface area (Å²) in [6, 6.07) is 0. The third kappa shape index (κ3) is 3.16. The molecule has 0 saturated carbocycles. The van der Waals surface area contributed by atoms with E-state index in [1.54, 1.807) is 0 Å². The standard InChI is InChI=1S/C9H8N2O7.CHO/c12-5-1-2-6(13)10(5)17-9(16)18-11-7(14)3-4-8(11)15;1-2/h1-4H2;1H. The zero-order valence-corrected chi connectivity index (χ0v) is 10.1. The summed E-state index contributed by atoms with van der Waals surface area (Å²) in [6.45, 7) is 3.25. The van der Waals surface area contributed by atoms with E-state index >= 15 is 0 Å². The molecule has 2 aliphatic rings. The first-order valence-corrected chi connectivity index (χ1v) is 5.34. The summed E-state index contributed by atoms with van der Waals surface area (Å²) in [5, 5.41) is 0.515. The van der Waals surface area contributed by atoms with Gasteiger partial charge in [-0.3, -0.25) is 33.6 Å². The lowest BCUT2D eigenvalue weighted by Crippen LogP contribution is -2.37. The number of carbonyl (C=O) groups is 5. The first-order chi connectivity index (χ1) is 9.49. The number of amides is 4. The maximum Gasteiger partial charge on any atom is 0.560 e. The summed E-state index contributed by atoms with van der Waals surface area (Å²) in [5.41, 5.74) is 0. The molecule has 20 heavy (non-hydrogen) atoms. The second kappa shape index (κ2) is 6.41. The summed E-state index contributed by atoms with van der Waals surface area (Å²) in [7, 11) is 0. The summed E-state index contributed by atoms with van der Waals surface area (Å²) in [4.78, 5) is 72.0. The van der Waals surface area contributed by atoms with Gasteiger partial charge in [0.25, 0.3) is 23.6 Å². The van der Waals surface area contributed by atoms with Gasteiger partial charge in [0.05, 0.1) is 0 Å². The summed E-state index contributed by atoms with van der Waals surface area (Å²) in [5.74, 6) is -2.74. The van der Waals surface area contributed by atoms with E-state index in [4.69, 9.17) is 4.79 Å². The van der Waals surface area contributed by atoms with Crippen LogP contribution in [-0.2, 0) is 33.6 Å². The fourth-order valence-electron chi connectivity index (χ4n) is 1.48. The molecular formula is C10H9N2O8. The number of carbonyl (C=O) groups excluding carboxylic acids is 6. The number of hydroxylamine groups is 4. The zero-order chi connectivity index (χ0) is 15.3. The minimum atomic E-state index is -1.48. The van der Waals surface area contributed by atoms with Gasteiger partial charge >= 0.3 is 6.16 Å². The van der Waals surface area contributed by atoms with Gasteiger partial charge in [-0.05, 0) is 0 Å². The average Bonchev–Trinajstić information content (AvgIpc) is 2.91. The van der Waals surface area contributed by atoms with Crippen molar-refractivity contribution in [1.29, 1.82) is 0 Å². The molecule has 0 N–H and O–H groups in total. The minimum Gasteiger partial charge on any atom is -0.295 e. The Morgan fingerprint density at radius 3 is 1.25 bits per heavy atom. The zero-order valence-electron chi connectivity index (χ0n) is 10.1. The first-order valence-electron chi connectivity index (χ1n) is 5.34. The lowest BCUT2D eigenvalue weighted by Gasteiger charge is -2.15. The molecule has 0 spiro atoms. The van der Waals surface area contributed by atoms with Crippen LogP contribution < -0.4 is 0 Å². The van der Waals surface area contributed by atoms with Crippen molar-refractivity contribution in [3.05, 3.63) is 0 Å². The molecule has 0 aromatic rings. The second-order valence-electron chi connectivity index (χ2n) is 3.60. The number of nitrogens with zero attached hydrogens (tertiary/aromatic N) is 2. The van der Waals surface area contributed by atoms with E-state index < -0.39 is 29.8 Å². The maximum absolute atomic E-state index is 11.2. The second-order valence-corrected chi connectivity index (χ2v) is 3.60. The maximum atomic E-state index is 11.2. The molecule has 107 valence electrons. The highest BCUT2D eigenvalue weighted by molar-refractivity contribution is 6.02. The van der Waals surface area contributed by atoms with Crippen molar-refractivity contribution < 1.29 is 38.4 Å². The molecule has 0 aromatic heterocycles. The molecule has 4 amide bonds. The average molecular weight is 285 g/mol. The monoisotopic (exact) mass is 285 g/mol. The topological polar surface area (TPSA) is 127 Å². The molecule has 2 saturated heterocycles. The van der Waals surface area contributed by atoms with Crippen LogP contribution in [0.2, 0.25) is 0 Å². The summed E-state index contributed by atoms with van der Waals surface area (Å²) >= 11 is 0. The third-order valence-electron chi connectivity index (χ3n) is 2.34. The van der Waals surface area contributed by atoms with Crippen molar-refractivity contribution >= 4 is 36.6 Å². The van der Waals surface area contributed by atoms with Crippen molar-refractivity contribution in [2.45, 2.75) is 25.7 Å². The quantitative estimate of drug-likeness (QED) is 0.466. The Bertz CT molecular complexity index is 402. The Balaban J connectivity index is 0.000000956. The number of hydrogen-bond donors (Lipinski definition) is 0. The summed E-state index contributed by atoms with van der Waals surface area (Å²) < 4.78 is 0. The van der Waals surface area contributed by atoms with Crippen LogP contribution in [0.1, 0.15) is 25.7 Å². The molecule has 0 bridgehead atoms. The number of imide groups is 2. The SMILES string of the molecule is O=C(ON1C(=O)CCC1=O)ON1C(=O)CCC1=O.[CH]=O. The van der Waals surface area contributed by atoms with Crippen LogP contribution in [0.3, 0.4) is 0 Å². The predicted molar refractivity (Wildman–Crippen MR) is 56.5 cm³/mol. The van der Waals surface area contributed by atoms with Crippen molar-refractivity contribution in [3.8, 4) is 0 Å². The van der Waals surface area contributed by atoms with Gasteiger partial charge in [-0.25, -0.2) is 0 Å². The van der Waals surface area contributed by atoms with Gasteiger partial charge < -0.3 is 0 Å². The first kappa shape index (κ1) is 15.3. The minimum absolute atomic E-state index is 0.0618. The lowest BCUT2D eigenvalue weighted by atomic mass is 10.4. The van der Waals surface area contributed by atoms with Gasteiger partial charge in [-0.1, -0.05) is 10.1 Å². The third-order valence-corrected chi connectivity index (χ3v) is 2.34. The van der Waals surface area contributed by atoms with Crippen molar-refractivity contribution in [3.63, 3.8) is 0 Å². The van der Waals surface area contributed by atoms with E-state index in [1.165, 1.54) is 0 Å². The Labute approximate surface area is 112 Å². The van der Waals surface area contributed by atoms with Crippen LogP contribution in [0.4, 0.5) is 4.79 Å². The lowest BCUT2D eigenvalue weighted by molar-refractivity contribution is -0.198. The van der Waals surface area contributed by atoms with Crippen molar-refractivity contribution in [1.82, 2.24) is 10.1 Å². The fourth-order valence-corrected chi connectivity index (χ4v) is 1.48. The van der Waals surface area contributed by atoms with Crippen LogP contribution in [0, 0.1) is 0 Å². The molecule has 2 heterocycles. The van der Waals surface area contributed by atoms with Crippen molar-refractivity contribution in [2.24, 2.45) is 0 Å². The highest BCUT2D eigenvalue weighted by Gasteiger charge is 2.37. The predicted octanol–water partition coefficient (Wildman–Crippen LogP) is -1.01. The number of hydrogen-bond acceptors (Lipinski definition) is 8. The van der Waals surface area contributed by atoms with Crippen LogP contribution in [0.15, 0.2) is 0 Å². The van der Waals surface area contributed by atoms with E-state index in [2.05, 4.69) is 16.5 Å². The molecule has 2 fully saturated rings. The van der Waals surface area contributed by atoms with Crippen molar-refractivity contribution in [2.75, 3.05) is 0 Å². The molecule has 2 rings (SSSR count). The van der Waals surface area contributed by atoms with E-state index in [1.807, 2.05) is 0 Å². The highest BCUT2D eigenvalue weighted by Crippen LogP contribution is 2.15. The van der Waals surface area contributed by atoms with E-state index in [0.29, 0.717) is 0 Å². The van der Waals surface area contributed by atoms with Crippen LogP contribution in [-0.4, -0.2) is 46.7 Å². The van der Waals surface area contributed by atoms with Gasteiger partial charge in [0, 0.05) is 25.7 Å². The van der Waals surface area contributed by atoms with E-state index in [0.717, 1.165) is 0 Å². The molecule has 0 unspecified atom stereocenters. The van der Waals surface area contributed by atoms with Gasteiger partial charge in [-0.2, -0.15) is 4.79 Å². The molecular weight excluding hydrogens is 276 g/mol. The Kier molecular flexibility index (Phi) is 4.89. The smallest absolute Gasteiger partial charge is 0.295 e. The molecule has 2 aliphatic heterocycles. The van der Waals surface area contributed by atoms with Gasteiger partial charge in [0.2, 0.25) is 0 Å². The van der Waals surface area contributed by atoms with Crippen LogP contribution in [0.5, 0.6) is 0 Å². The molecule has 0 atom stereocenters. The van der Waals surface area contributed by atoms with Crippen LogP contribution in [0.25, 0.3) is 0 Å². The summed E-state index contributed by atoms with van der Waals surface area (Å²) in [6.07, 6.45) is -1.73. The molecule has 10 heteroatoms. The van der Waals surface area contributed by atoms with Gasteiger partial charge in [0.15, 0.2) is 6.79 Å². The van der Waals surface area contributed by atoms with E-state index in [-0.39, 0.29) is 35.8 Å². The molecule has 0 aromatic carbocycles. The largest absolute Gasteiger partial charge is 0.560 e. The van der Waals surface area contributed by atoms with Gasteiger partial charge in [0.1, 0.15) is 0 Å². The number of rotatable bonds is 2. The van der Waals surface area contributed by atoms with Gasteiger partial charge in [-0.15, -0.1) is 0 Å².